The standard InChI is InChI=1S/C19H23FN5O2P/c1-11(2)17-23-25(10-16(26)22-13-5-6-21-8-15(13)28)18(27)14-7-12(9-24(14)17)19(3,4)20/h5-9,11H,10,28H2,1-4H3,(H,21,22,26). The first-order valence-electron chi connectivity index (χ1n) is 8.89. The van der Waals surface area contributed by atoms with Crippen molar-refractivity contribution in [2.24, 2.45) is 0 Å². The van der Waals surface area contributed by atoms with Crippen molar-refractivity contribution < 1.29 is 9.18 Å². The first-order chi connectivity index (χ1) is 13.1. The lowest BCUT2D eigenvalue weighted by Gasteiger charge is -2.13. The van der Waals surface area contributed by atoms with Crippen molar-refractivity contribution in [1.82, 2.24) is 19.2 Å². The quantitative estimate of drug-likeness (QED) is 0.663. The average molecular weight is 403 g/mol. The van der Waals surface area contributed by atoms with Gasteiger partial charge in [0, 0.05) is 35.4 Å². The molecule has 0 radical (unpaired) electrons. The lowest BCUT2D eigenvalue weighted by molar-refractivity contribution is -0.117. The highest BCUT2D eigenvalue weighted by molar-refractivity contribution is 7.28. The Labute approximate surface area is 164 Å². The van der Waals surface area contributed by atoms with Gasteiger partial charge in [0.2, 0.25) is 5.91 Å². The Morgan fingerprint density at radius 2 is 2.11 bits per heavy atom. The van der Waals surface area contributed by atoms with E-state index >= 15 is 0 Å². The van der Waals surface area contributed by atoms with Crippen LogP contribution in [0.2, 0.25) is 0 Å². The summed E-state index contributed by atoms with van der Waals surface area (Å²) in [5, 5.41) is 7.84. The van der Waals surface area contributed by atoms with Gasteiger partial charge in [0.25, 0.3) is 5.56 Å². The molecule has 0 bridgehead atoms. The molecule has 0 fully saturated rings. The molecule has 1 N–H and O–H groups in total. The first-order valence-corrected chi connectivity index (χ1v) is 9.47. The second-order valence-electron chi connectivity index (χ2n) is 7.44. The number of fused-ring (bicyclic) bond motifs is 1. The van der Waals surface area contributed by atoms with E-state index in [1.807, 2.05) is 13.8 Å². The van der Waals surface area contributed by atoms with E-state index < -0.39 is 11.2 Å². The third-order valence-corrected chi connectivity index (χ3v) is 4.83. The number of anilines is 1. The Morgan fingerprint density at radius 3 is 2.71 bits per heavy atom. The molecule has 9 heteroatoms. The number of amides is 1. The van der Waals surface area contributed by atoms with Crippen molar-refractivity contribution in [3.8, 4) is 0 Å². The molecule has 3 heterocycles. The van der Waals surface area contributed by atoms with Gasteiger partial charge in [0.15, 0.2) is 0 Å². The fraction of sp³-hybridized carbons (Fsp3) is 0.368. The lowest BCUT2D eigenvalue weighted by Crippen LogP contribution is -2.32. The molecule has 0 aromatic carbocycles. The SMILES string of the molecule is CC(C)c1nn(CC(=O)Nc2ccncc2P)c(=O)c2cc(C(C)(C)F)cn12. The highest BCUT2D eigenvalue weighted by atomic mass is 31.0. The van der Waals surface area contributed by atoms with E-state index in [0.29, 0.717) is 22.6 Å². The van der Waals surface area contributed by atoms with E-state index in [1.54, 1.807) is 29.1 Å². The summed E-state index contributed by atoms with van der Waals surface area (Å²) < 4.78 is 17.1. The van der Waals surface area contributed by atoms with Crippen molar-refractivity contribution in [2.45, 2.75) is 45.8 Å². The Hall–Kier alpha value is -2.60. The minimum atomic E-state index is -1.59. The number of hydrogen-bond donors (Lipinski definition) is 1. The molecule has 0 saturated carbocycles. The molecule has 3 aromatic heterocycles. The minimum absolute atomic E-state index is 0.0285. The van der Waals surface area contributed by atoms with Crippen LogP contribution in [0.25, 0.3) is 5.52 Å². The van der Waals surface area contributed by atoms with Gasteiger partial charge >= 0.3 is 0 Å². The second kappa shape index (κ2) is 7.43. The maximum absolute atomic E-state index is 14.4. The van der Waals surface area contributed by atoms with Crippen LogP contribution in [0.1, 0.15) is 45.0 Å². The smallest absolute Gasteiger partial charge is 0.291 e. The maximum Gasteiger partial charge on any atom is 0.291 e. The summed E-state index contributed by atoms with van der Waals surface area (Å²) in [5.41, 5.74) is -0.767. The number of rotatable bonds is 5. The summed E-state index contributed by atoms with van der Waals surface area (Å²) >= 11 is 0. The molecule has 0 spiro atoms. The normalized spacial score (nSPS) is 12.0. The number of carbonyl (C=O) groups is 1. The van der Waals surface area contributed by atoms with Crippen molar-refractivity contribution in [1.29, 1.82) is 0 Å². The van der Waals surface area contributed by atoms with Gasteiger partial charge < -0.3 is 5.32 Å². The number of nitrogens with zero attached hydrogens (tertiary/aromatic N) is 4. The molecular formula is C19H23FN5O2P. The summed E-state index contributed by atoms with van der Waals surface area (Å²) in [4.78, 5) is 29.3. The Morgan fingerprint density at radius 1 is 1.39 bits per heavy atom. The zero-order chi connectivity index (χ0) is 20.6. The predicted molar refractivity (Wildman–Crippen MR) is 110 cm³/mol. The molecule has 3 rings (SSSR count). The third kappa shape index (κ3) is 3.97. The van der Waals surface area contributed by atoms with E-state index in [0.717, 1.165) is 9.99 Å². The number of aromatic nitrogens is 4. The number of alkyl halides is 1. The molecule has 0 aliphatic rings. The molecular weight excluding hydrogens is 380 g/mol. The number of hydrogen-bond acceptors (Lipinski definition) is 4. The van der Waals surface area contributed by atoms with Crippen LogP contribution in [0, 0.1) is 0 Å². The number of pyridine rings is 1. The molecule has 1 atom stereocenters. The molecule has 0 aliphatic carbocycles. The van der Waals surface area contributed by atoms with Crippen molar-refractivity contribution in [2.75, 3.05) is 5.32 Å². The van der Waals surface area contributed by atoms with E-state index in [9.17, 15) is 14.0 Å². The van der Waals surface area contributed by atoms with Gasteiger partial charge in [-0.15, -0.1) is 9.24 Å². The van der Waals surface area contributed by atoms with Gasteiger partial charge in [-0.25, -0.2) is 9.07 Å². The fourth-order valence-electron chi connectivity index (χ4n) is 2.84. The molecule has 0 saturated heterocycles. The van der Waals surface area contributed by atoms with Crippen LogP contribution in [-0.4, -0.2) is 25.1 Å². The monoisotopic (exact) mass is 403 g/mol. The molecule has 7 nitrogen and oxygen atoms in total. The summed E-state index contributed by atoms with van der Waals surface area (Å²) in [5.74, 6) is 0.161. The van der Waals surface area contributed by atoms with Gasteiger partial charge in [-0.1, -0.05) is 13.8 Å². The van der Waals surface area contributed by atoms with Crippen LogP contribution < -0.4 is 16.2 Å². The Kier molecular flexibility index (Phi) is 5.35. The topological polar surface area (TPSA) is 81.3 Å². The maximum atomic E-state index is 14.4. The summed E-state index contributed by atoms with van der Waals surface area (Å²) in [6, 6.07) is 3.19. The number of carbonyl (C=O) groups excluding carboxylic acids is 1. The molecule has 0 aliphatic heterocycles. The van der Waals surface area contributed by atoms with Crippen LogP contribution in [0.5, 0.6) is 0 Å². The number of nitrogens with one attached hydrogen (secondary N) is 1. The van der Waals surface area contributed by atoms with Crippen LogP contribution >= 0.6 is 9.24 Å². The van der Waals surface area contributed by atoms with Crippen LogP contribution in [-0.2, 0) is 17.0 Å². The molecule has 1 unspecified atom stereocenters. The van der Waals surface area contributed by atoms with Crippen molar-refractivity contribution in [3.63, 3.8) is 0 Å². The average Bonchev–Trinajstić information content (AvgIpc) is 3.05. The second-order valence-corrected chi connectivity index (χ2v) is 8.07. The zero-order valence-electron chi connectivity index (χ0n) is 16.2. The Balaban J connectivity index is 2.01. The van der Waals surface area contributed by atoms with Crippen LogP contribution in [0.4, 0.5) is 10.1 Å². The highest BCUT2D eigenvalue weighted by Crippen LogP contribution is 2.27. The summed E-state index contributed by atoms with van der Waals surface area (Å²) in [6.45, 7) is 6.47. The minimum Gasteiger partial charge on any atom is -0.324 e. The van der Waals surface area contributed by atoms with Gasteiger partial charge in [-0.2, -0.15) is 5.10 Å². The van der Waals surface area contributed by atoms with Gasteiger partial charge in [-0.3, -0.25) is 19.0 Å². The summed E-state index contributed by atoms with van der Waals surface area (Å²) in [7, 11) is 2.49. The first kappa shape index (κ1) is 20.1. The number of halogens is 1. The van der Waals surface area contributed by atoms with E-state index in [4.69, 9.17) is 0 Å². The summed E-state index contributed by atoms with van der Waals surface area (Å²) in [6.07, 6.45) is 4.77. The Bertz CT molecular complexity index is 1100. The molecule has 1 amide bonds. The van der Waals surface area contributed by atoms with Crippen LogP contribution in [0.15, 0.2) is 35.5 Å². The largest absolute Gasteiger partial charge is 0.324 e. The van der Waals surface area contributed by atoms with E-state index in [2.05, 4.69) is 24.6 Å². The van der Waals surface area contributed by atoms with E-state index in [1.165, 1.54) is 19.9 Å². The molecule has 28 heavy (non-hydrogen) atoms. The fourth-order valence-corrected chi connectivity index (χ4v) is 3.09. The third-order valence-electron chi connectivity index (χ3n) is 4.37. The van der Waals surface area contributed by atoms with E-state index in [-0.39, 0.29) is 18.4 Å². The van der Waals surface area contributed by atoms with Crippen LogP contribution in [0.3, 0.4) is 0 Å². The van der Waals surface area contributed by atoms with Gasteiger partial charge in [0.05, 0.1) is 5.69 Å². The lowest BCUT2D eigenvalue weighted by atomic mass is 10.0. The predicted octanol–water partition coefficient (Wildman–Crippen LogP) is 2.36. The molecule has 148 valence electrons. The highest BCUT2D eigenvalue weighted by Gasteiger charge is 2.24. The van der Waals surface area contributed by atoms with Gasteiger partial charge in [0.1, 0.15) is 23.6 Å². The molecule has 3 aromatic rings. The van der Waals surface area contributed by atoms with Crippen molar-refractivity contribution >= 4 is 31.7 Å². The van der Waals surface area contributed by atoms with Crippen molar-refractivity contribution in [3.05, 3.63) is 52.5 Å². The zero-order valence-corrected chi connectivity index (χ0v) is 17.4. The van der Waals surface area contributed by atoms with Gasteiger partial charge in [-0.05, 0) is 26.0 Å².